The molecule has 0 radical (unpaired) electrons. The van der Waals surface area contributed by atoms with Crippen LogP contribution in [0.1, 0.15) is 15.9 Å². The topological polar surface area (TPSA) is 76.4 Å². The van der Waals surface area contributed by atoms with Crippen molar-refractivity contribution in [2.75, 3.05) is 0 Å². The lowest BCUT2D eigenvalue weighted by atomic mass is 10.1. The second-order valence-electron chi connectivity index (χ2n) is 5.44. The van der Waals surface area contributed by atoms with E-state index in [4.69, 9.17) is 0 Å². The number of carboxylic acids is 1. The molecule has 1 aromatic heterocycles. The van der Waals surface area contributed by atoms with Crippen molar-refractivity contribution in [1.82, 2.24) is 3.97 Å². The van der Waals surface area contributed by atoms with Crippen molar-refractivity contribution < 1.29 is 22.7 Å². The molecule has 25 heavy (non-hydrogen) atoms. The van der Waals surface area contributed by atoms with Gasteiger partial charge in [-0.05, 0) is 42.3 Å². The summed E-state index contributed by atoms with van der Waals surface area (Å²) in [5, 5.41) is 9.37. The lowest BCUT2D eigenvalue weighted by Crippen LogP contribution is -2.13. The summed E-state index contributed by atoms with van der Waals surface area (Å²) in [5.41, 5.74) is 1.06. The fraction of sp³-hybridized carbons (Fsp3) is 0.0556. The smallest absolute Gasteiger partial charge is 0.337 e. The normalized spacial score (nSPS) is 11.4. The summed E-state index contributed by atoms with van der Waals surface area (Å²) in [6.07, 6.45) is 1.08. The lowest BCUT2D eigenvalue weighted by Gasteiger charge is -2.11. The Balaban J connectivity index is 2.30. The number of carbonyl (C=O) groups is 1. The van der Waals surface area contributed by atoms with Crippen LogP contribution in [0, 0.1) is 12.7 Å². The van der Waals surface area contributed by atoms with Crippen LogP contribution in [0.15, 0.2) is 65.7 Å². The Morgan fingerprint density at radius 2 is 1.64 bits per heavy atom. The van der Waals surface area contributed by atoms with Gasteiger partial charge in [0, 0.05) is 6.20 Å². The van der Waals surface area contributed by atoms with E-state index in [1.807, 2.05) is 0 Å². The number of carboxylic acid groups (broad SMARTS) is 1. The van der Waals surface area contributed by atoms with Crippen molar-refractivity contribution in [2.45, 2.75) is 11.8 Å². The van der Waals surface area contributed by atoms with Crippen molar-refractivity contribution in [3.63, 3.8) is 0 Å². The maximum Gasteiger partial charge on any atom is 0.337 e. The third-order valence-corrected chi connectivity index (χ3v) is 5.55. The van der Waals surface area contributed by atoms with Crippen LogP contribution in [0.5, 0.6) is 0 Å². The highest BCUT2D eigenvalue weighted by Crippen LogP contribution is 2.31. The van der Waals surface area contributed by atoms with E-state index in [1.165, 1.54) is 0 Å². The molecule has 1 N–H and O–H groups in total. The fourth-order valence-electron chi connectivity index (χ4n) is 2.64. The van der Waals surface area contributed by atoms with Crippen LogP contribution < -0.4 is 0 Å². The summed E-state index contributed by atoms with van der Waals surface area (Å²) in [4.78, 5) is 11.3. The molecular weight excluding hydrogens is 345 g/mol. The average molecular weight is 359 g/mol. The highest BCUT2D eigenvalue weighted by molar-refractivity contribution is 7.90. The first-order valence-electron chi connectivity index (χ1n) is 7.34. The van der Waals surface area contributed by atoms with Gasteiger partial charge in [-0.1, -0.05) is 30.3 Å². The summed E-state index contributed by atoms with van der Waals surface area (Å²) >= 11 is 0. The third-order valence-electron chi connectivity index (χ3n) is 3.87. The van der Waals surface area contributed by atoms with Crippen LogP contribution in [0.25, 0.3) is 11.3 Å². The molecular formula is C18H14FNO4S. The molecule has 0 saturated carbocycles. The second kappa shape index (κ2) is 6.18. The van der Waals surface area contributed by atoms with Crippen LogP contribution in [0.2, 0.25) is 0 Å². The molecule has 7 heteroatoms. The molecule has 1 heterocycles. The summed E-state index contributed by atoms with van der Waals surface area (Å²) < 4.78 is 40.0. The SMILES string of the molecule is Cc1c(C(=O)O)cn(S(=O)(=O)c2ccc(F)cc2)c1-c1ccccc1. The van der Waals surface area contributed by atoms with Gasteiger partial charge in [-0.15, -0.1) is 0 Å². The van der Waals surface area contributed by atoms with Crippen molar-refractivity contribution in [3.05, 3.63) is 77.7 Å². The van der Waals surface area contributed by atoms with E-state index in [2.05, 4.69) is 0 Å². The number of hydrogen-bond acceptors (Lipinski definition) is 3. The number of nitrogens with zero attached hydrogens (tertiary/aromatic N) is 1. The molecule has 0 bridgehead atoms. The van der Waals surface area contributed by atoms with Gasteiger partial charge in [0.05, 0.1) is 16.2 Å². The highest BCUT2D eigenvalue weighted by atomic mass is 32.2. The minimum absolute atomic E-state index is 0.107. The average Bonchev–Trinajstić information content (AvgIpc) is 2.94. The zero-order valence-electron chi connectivity index (χ0n) is 13.2. The highest BCUT2D eigenvalue weighted by Gasteiger charge is 2.26. The van der Waals surface area contributed by atoms with E-state index in [-0.39, 0.29) is 16.2 Å². The Hall–Kier alpha value is -2.93. The molecule has 2 aromatic carbocycles. The molecule has 0 saturated heterocycles. The van der Waals surface area contributed by atoms with Crippen molar-refractivity contribution >= 4 is 16.0 Å². The Labute approximate surface area is 144 Å². The maximum absolute atomic E-state index is 13.1. The first-order valence-corrected chi connectivity index (χ1v) is 8.78. The molecule has 0 fully saturated rings. The van der Waals surface area contributed by atoms with Crippen LogP contribution in [-0.4, -0.2) is 23.5 Å². The number of benzene rings is 2. The first kappa shape index (κ1) is 16.9. The Kier molecular flexibility index (Phi) is 4.18. The van der Waals surface area contributed by atoms with Crippen molar-refractivity contribution in [1.29, 1.82) is 0 Å². The van der Waals surface area contributed by atoms with Gasteiger partial charge in [0.2, 0.25) is 0 Å². The predicted molar refractivity (Wildman–Crippen MR) is 90.5 cm³/mol. The van der Waals surface area contributed by atoms with Crippen LogP contribution in [0.3, 0.4) is 0 Å². The molecule has 3 aromatic rings. The molecule has 0 spiro atoms. The summed E-state index contributed by atoms with van der Waals surface area (Å²) in [7, 11) is -4.08. The van der Waals surface area contributed by atoms with Gasteiger partial charge in [0.15, 0.2) is 0 Å². The second-order valence-corrected chi connectivity index (χ2v) is 7.26. The van der Waals surface area contributed by atoms with Crippen LogP contribution >= 0.6 is 0 Å². The summed E-state index contributed by atoms with van der Waals surface area (Å²) in [5.74, 6) is -1.78. The van der Waals surface area contributed by atoms with E-state index in [0.29, 0.717) is 11.1 Å². The summed E-state index contributed by atoms with van der Waals surface area (Å²) in [6, 6.07) is 13.0. The van der Waals surface area contributed by atoms with Gasteiger partial charge < -0.3 is 5.11 Å². The first-order chi connectivity index (χ1) is 11.8. The van der Waals surface area contributed by atoms with Gasteiger partial charge in [-0.3, -0.25) is 0 Å². The third kappa shape index (κ3) is 2.94. The van der Waals surface area contributed by atoms with E-state index in [0.717, 1.165) is 34.4 Å². The molecule has 0 unspecified atom stereocenters. The number of hydrogen-bond donors (Lipinski definition) is 1. The Morgan fingerprint density at radius 3 is 2.20 bits per heavy atom. The standard InChI is InChI=1S/C18H14FNO4S/c1-12-16(18(21)22)11-20(17(12)13-5-3-2-4-6-13)25(23,24)15-9-7-14(19)8-10-15/h2-11H,1H3,(H,21,22). The number of aromatic nitrogens is 1. The number of aromatic carboxylic acids is 1. The van der Waals surface area contributed by atoms with Gasteiger partial charge in [0.25, 0.3) is 10.0 Å². The fourth-order valence-corrected chi connectivity index (χ4v) is 4.07. The Morgan fingerprint density at radius 1 is 1.04 bits per heavy atom. The van der Waals surface area contributed by atoms with Crippen LogP contribution in [0.4, 0.5) is 4.39 Å². The molecule has 128 valence electrons. The number of halogens is 1. The zero-order chi connectivity index (χ0) is 18.2. The number of rotatable bonds is 4. The molecule has 5 nitrogen and oxygen atoms in total. The zero-order valence-corrected chi connectivity index (χ0v) is 14.0. The monoisotopic (exact) mass is 359 g/mol. The van der Waals surface area contributed by atoms with Gasteiger partial charge in [-0.2, -0.15) is 0 Å². The minimum Gasteiger partial charge on any atom is -0.478 e. The van der Waals surface area contributed by atoms with E-state index in [1.54, 1.807) is 37.3 Å². The lowest BCUT2D eigenvalue weighted by molar-refractivity contribution is 0.0696. The molecule has 0 aliphatic rings. The Bertz CT molecular complexity index is 1040. The van der Waals surface area contributed by atoms with Gasteiger partial charge in [-0.25, -0.2) is 21.6 Å². The maximum atomic E-state index is 13.1. The van der Waals surface area contributed by atoms with Gasteiger partial charge >= 0.3 is 5.97 Å². The van der Waals surface area contributed by atoms with Crippen molar-refractivity contribution in [2.24, 2.45) is 0 Å². The quantitative estimate of drug-likeness (QED) is 0.773. The molecule has 3 rings (SSSR count). The van der Waals surface area contributed by atoms with E-state index >= 15 is 0 Å². The summed E-state index contributed by atoms with van der Waals surface area (Å²) in [6.45, 7) is 1.56. The van der Waals surface area contributed by atoms with Crippen LogP contribution in [-0.2, 0) is 10.0 Å². The van der Waals surface area contributed by atoms with Gasteiger partial charge in [0.1, 0.15) is 5.82 Å². The molecule has 0 aliphatic carbocycles. The van der Waals surface area contributed by atoms with E-state index < -0.39 is 21.8 Å². The molecule has 0 atom stereocenters. The molecule has 0 amide bonds. The van der Waals surface area contributed by atoms with Crippen molar-refractivity contribution in [3.8, 4) is 11.3 Å². The largest absolute Gasteiger partial charge is 0.478 e. The molecule has 0 aliphatic heterocycles. The predicted octanol–water partition coefficient (Wildman–Crippen LogP) is 3.54. The minimum atomic E-state index is -4.08. The van der Waals surface area contributed by atoms with E-state index in [9.17, 15) is 22.7 Å².